The van der Waals surface area contributed by atoms with Crippen LogP contribution in [0, 0.1) is 0 Å². The lowest BCUT2D eigenvalue weighted by Crippen LogP contribution is -2.46. The van der Waals surface area contributed by atoms with Gasteiger partial charge in [0.25, 0.3) is 0 Å². The Morgan fingerprint density at radius 3 is 2.50 bits per heavy atom. The van der Waals surface area contributed by atoms with Crippen molar-refractivity contribution in [3.05, 3.63) is 35.9 Å². The predicted molar refractivity (Wildman–Crippen MR) is 73.9 cm³/mol. The minimum absolute atomic E-state index is 0.415. The number of hydrogen-bond donors (Lipinski definition) is 3. The molecule has 1 aromatic carbocycles. The zero-order valence-corrected chi connectivity index (χ0v) is 10.9. The molecule has 1 aliphatic carbocycles. The van der Waals surface area contributed by atoms with Crippen LogP contribution in [0.5, 0.6) is 0 Å². The van der Waals surface area contributed by atoms with Gasteiger partial charge in [0, 0.05) is 12.1 Å². The molecular formula is C15H23N3. The molecule has 0 bridgehead atoms. The molecule has 0 amide bonds. The predicted octanol–water partition coefficient (Wildman–Crippen LogP) is 2.47. The van der Waals surface area contributed by atoms with Crippen LogP contribution < -0.4 is 16.2 Å². The molecule has 3 heteroatoms. The largest absolute Gasteiger partial charge is 0.298 e. The minimum atomic E-state index is 0.415. The highest BCUT2D eigenvalue weighted by atomic mass is 15.5. The average molecular weight is 245 g/mol. The standard InChI is InChI=1S/C15H23N3/c1-3-7-12(8-4-1)14-11-15(18-17-14)16-13-9-5-2-6-10-13/h1,3-4,7-8,13-18H,2,5-6,9-11H2. The van der Waals surface area contributed by atoms with Gasteiger partial charge in [-0.05, 0) is 24.8 Å². The Balaban J connectivity index is 1.52. The van der Waals surface area contributed by atoms with Crippen LogP contribution in [-0.2, 0) is 0 Å². The first-order valence-corrected chi connectivity index (χ1v) is 7.24. The van der Waals surface area contributed by atoms with Gasteiger partial charge in [0.05, 0.1) is 6.17 Å². The van der Waals surface area contributed by atoms with Gasteiger partial charge in [0.2, 0.25) is 0 Å². The van der Waals surface area contributed by atoms with Crippen molar-refractivity contribution >= 4 is 0 Å². The summed E-state index contributed by atoms with van der Waals surface area (Å²) in [5.41, 5.74) is 8.16. The van der Waals surface area contributed by atoms with Crippen molar-refractivity contribution in [2.24, 2.45) is 0 Å². The molecule has 18 heavy (non-hydrogen) atoms. The summed E-state index contributed by atoms with van der Waals surface area (Å²) in [6.45, 7) is 0. The maximum absolute atomic E-state index is 3.74. The SMILES string of the molecule is c1ccc(C2CC(NC3CCCCC3)NN2)cc1. The van der Waals surface area contributed by atoms with E-state index in [-0.39, 0.29) is 0 Å². The molecule has 1 aromatic rings. The zero-order chi connectivity index (χ0) is 12.2. The second kappa shape index (κ2) is 5.83. The summed E-state index contributed by atoms with van der Waals surface area (Å²) < 4.78 is 0. The van der Waals surface area contributed by atoms with Gasteiger partial charge in [0.1, 0.15) is 0 Å². The molecule has 2 fully saturated rings. The summed E-state index contributed by atoms with van der Waals surface area (Å²) in [6.07, 6.45) is 8.42. The normalized spacial score (nSPS) is 29.6. The maximum atomic E-state index is 3.74. The molecular weight excluding hydrogens is 222 g/mol. The lowest BCUT2D eigenvalue weighted by Gasteiger charge is -2.26. The number of nitrogens with one attached hydrogen (secondary N) is 3. The molecule has 1 heterocycles. The first kappa shape index (κ1) is 12.2. The van der Waals surface area contributed by atoms with Gasteiger partial charge in [-0.3, -0.25) is 5.32 Å². The Morgan fingerprint density at radius 1 is 0.944 bits per heavy atom. The second-order valence-electron chi connectivity index (χ2n) is 5.54. The first-order valence-electron chi connectivity index (χ1n) is 7.24. The third-order valence-corrected chi connectivity index (χ3v) is 4.15. The van der Waals surface area contributed by atoms with Crippen molar-refractivity contribution in [1.82, 2.24) is 16.2 Å². The van der Waals surface area contributed by atoms with Crippen LogP contribution >= 0.6 is 0 Å². The van der Waals surface area contributed by atoms with Crippen molar-refractivity contribution in [3.63, 3.8) is 0 Å². The molecule has 98 valence electrons. The smallest absolute Gasteiger partial charge is 0.0725 e. The van der Waals surface area contributed by atoms with Crippen LogP contribution in [0.15, 0.2) is 30.3 Å². The quantitative estimate of drug-likeness (QED) is 0.765. The Morgan fingerprint density at radius 2 is 1.72 bits per heavy atom. The minimum Gasteiger partial charge on any atom is -0.298 e. The van der Waals surface area contributed by atoms with Crippen LogP contribution in [0.1, 0.15) is 50.1 Å². The van der Waals surface area contributed by atoms with Gasteiger partial charge < -0.3 is 0 Å². The molecule has 0 spiro atoms. The van der Waals surface area contributed by atoms with Crippen molar-refractivity contribution in [2.45, 2.75) is 56.8 Å². The van der Waals surface area contributed by atoms with E-state index in [1.807, 2.05) is 0 Å². The molecule has 1 saturated heterocycles. The van der Waals surface area contributed by atoms with E-state index in [0.29, 0.717) is 18.2 Å². The maximum Gasteiger partial charge on any atom is 0.0725 e. The summed E-state index contributed by atoms with van der Waals surface area (Å²) in [4.78, 5) is 0. The van der Waals surface area contributed by atoms with E-state index in [9.17, 15) is 0 Å². The third kappa shape index (κ3) is 2.91. The van der Waals surface area contributed by atoms with Gasteiger partial charge in [0.15, 0.2) is 0 Å². The summed E-state index contributed by atoms with van der Waals surface area (Å²) >= 11 is 0. The van der Waals surface area contributed by atoms with Crippen LogP contribution in [0.4, 0.5) is 0 Å². The van der Waals surface area contributed by atoms with E-state index in [4.69, 9.17) is 0 Å². The lowest BCUT2D eigenvalue weighted by molar-refractivity contribution is 0.319. The Hall–Kier alpha value is -0.900. The van der Waals surface area contributed by atoms with Crippen molar-refractivity contribution in [3.8, 4) is 0 Å². The molecule has 3 rings (SSSR count). The molecule has 1 saturated carbocycles. The Kier molecular flexibility index (Phi) is 3.93. The third-order valence-electron chi connectivity index (χ3n) is 4.15. The number of hydrazine groups is 1. The van der Waals surface area contributed by atoms with Crippen LogP contribution in [0.25, 0.3) is 0 Å². The summed E-state index contributed by atoms with van der Waals surface area (Å²) in [5, 5.41) is 3.74. The highest BCUT2D eigenvalue weighted by Crippen LogP contribution is 2.23. The first-order chi connectivity index (χ1) is 8.92. The van der Waals surface area contributed by atoms with E-state index >= 15 is 0 Å². The fourth-order valence-corrected chi connectivity index (χ4v) is 3.12. The van der Waals surface area contributed by atoms with Gasteiger partial charge in [-0.1, -0.05) is 49.6 Å². The molecule has 3 nitrogen and oxygen atoms in total. The molecule has 3 N–H and O–H groups in total. The van der Waals surface area contributed by atoms with Crippen LogP contribution in [-0.4, -0.2) is 12.2 Å². The molecule has 0 aromatic heterocycles. The number of rotatable bonds is 3. The highest BCUT2D eigenvalue weighted by molar-refractivity contribution is 5.19. The zero-order valence-electron chi connectivity index (χ0n) is 10.9. The summed E-state index contributed by atoms with van der Waals surface area (Å²) in [6, 6.07) is 11.8. The second-order valence-corrected chi connectivity index (χ2v) is 5.54. The molecule has 1 aliphatic heterocycles. The van der Waals surface area contributed by atoms with Gasteiger partial charge in [-0.2, -0.15) is 0 Å². The molecule has 0 radical (unpaired) electrons. The van der Waals surface area contributed by atoms with E-state index in [2.05, 4.69) is 46.5 Å². The average Bonchev–Trinajstić information content (AvgIpc) is 2.89. The Bertz CT molecular complexity index is 359. The van der Waals surface area contributed by atoms with Crippen LogP contribution in [0.3, 0.4) is 0 Å². The number of hydrogen-bond acceptors (Lipinski definition) is 3. The number of benzene rings is 1. The van der Waals surface area contributed by atoms with Crippen molar-refractivity contribution in [2.75, 3.05) is 0 Å². The van der Waals surface area contributed by atoms with E-state index in [0.717, 1.165) is 6.42 Å². The fourth-order valence-electron chi connectivity index (χ4n) is 3.12. The van der Waals surface area contributed by atoms with Gasteiger partial charge >= 0.3 is 0 Å². The lowest BCUT2D eigenvalue weighted by atomic mass is 9.95. The van der Waals surface area contributed by atoms with Gasteiger partial charge in [-0.25, -0.2) is 10.9 Å². The van der Waals surface area contributed by atoms with Gasteiger partial charge in [-0.15, -0.1) is 0 Å². The highest BCUT2D eigenvalue weighted by Gasteiger charge is 2.26. The van der Waals surface area contributed by atoms with Crippen molar-refractivity contribution in [1.29, 1.82) is 0 Å². The molecule has 2 aliphatic rings. The van der Waals surface area contributed by atoms with Crippen molar-refractivity contribution < 1.29 is 0 Å². The topological polar surface area (TPSA) is 36.1 Å². The van der Waals surface area contributed by atoms with E-state index in [1.54, 1.807) is 0 Å². The van der Waals surface area contributed by atoms with E-state index in [1.165, 1.54) is 37.7 Å². The fraction of sp³-hybridized carbons (Fsp3) is 0.600. The van der Waals surface area contributed by atoms with Crippen LogP contribution in [0.2, 0.25) is 0 Å². The monoisotopic (exact) mass is 245 g/mol. The van der Waals surface area contributed by atoms with E-state index < -0.39 is 0 Å². The Labute approximate surface area is 109 Å². The summed E-state index contributed by atoms with van der Waals surface area (Å²) in [5.74, 6) is 0. The molecule has 2 unspecified atom stereocenters. The summed E-state index contributed by atoms with van der Waals surface area (Å²) in [7, 11) is 0. The molecule has 2 atom stereocenters.